The van der Waals surface area contributed by atoms with Crippen LogP contribution in [0.1, 0.15) is 0 Å². The Morgan fingerprint density at radius 3 is 1.54 bits per heavy atom. The molecular weight excluding hydrogens is 695 g/mol. The number of benzene rings is 9. The number of hydrogen-bond acceptors (Lipinski definition) is 4. The molecule has 266 valence electrons. The third-order valence-corrected chi connectivity index (χ3v) is 10.9. The molecule has 0 saturated heterocycles. The molecule has 0 aliphatic carbocycles. The Kier molecular flexibility index (Phi) is 7.78. The van der Waals surface area contributed by atoms with Crippen molar-refractivity contribution < 1.29 is 4.42 Å². The van der Waals surface area contributed by atoms with Crippen molar-refractivity contribution in [2.45, 2.75) is 0 Å². The van der Waals surface area contributed by atoms with Gasteiger partial charge < -0.3 is 4.42 Å². The maximum absolute atomic E-state index is 6.66. The normalized spacial score (nSPS) is 11.5. The fourth-order valence-corrected chi connectivity index (χ4v) is 8.03. The lowest BCUT2D eigenvalue weighted by atomic mass is 9.97. The van der Waals surface area contributed by atoms with Gasteiger partial charge in [-0.05, 0) is 73.6 Å². The van der Waals surface area contributed by atoms with Crippen LogP contribution < -0.4 is 0 Å². The van der Waals surface area contributed by atoms with Gasteiger partial charge in [-0.3, -0.25) is 0 Å². The van der Waals surface area contributed by atoms with Crippen LogP contribution in [-0.4, -0.2) is 15.0 Å². The zero-order valence-electron chi connectivity index (χ0n) is 30.8. The Balaban J connectivity index is 1.03. The van der Waals surface area contributed by atoms with Gasteiger partial charge in [0.2, 0.25) is 0 Å². The molecule has 0 aliphatic rings. The molecule has 0 amide bonds. The highest BCUT2D eigenvalue weighted by molar-refractivity contribution is 6.15. The van der Waals surface area contributed by atoms with Crippen LogP contribution in [-0.2, 0) is 0 Å². The van der Waals surface area contributed by atoms with Crippen LogP contribution in [0.2, 0.25) is 0 Å². The second kappa shape index (κ2) is 13.6. The van der Waals surface area contributed by atoms with E-state index < -0.39 is 0 Å². The Bertz CT molecular complexity index is 3290. The molecular formula is C53H33N3O. The smallest absolute Gasteiger partial charge is 0.164 e. The van der Waals surface area contributed by atoms with Gasteiger partial charge in [-0.2, -0.15) is 0 Å². The molecule has 4 nitrogen and oxygen atoms in total. The van der Waals surface area contributed by atoms with Gasteiger partial charge in [-0.1, -0.05) is 176 Å². The average Bonchev–Trinajstić information content (AvgIpc) is 3.68. The van der Waals surface area contributed by atoms with E-state index in [1.54, 1.807) is 0 Å². The number of nitrogens with zero attached hydrogens (tertiary/aromatic N) is 3. The van der Waals surface area contributed by atoms with Crippen LogP contribution >= 0.6 is 0 Å². The van der Waals surface area contributed by atoms with E-state index in [4.69, 9.17) is 19.4 Å². The van der Waals surface area contributed by atoms with Gasteiger partial charge in [0.1, 0.15) is 11.2 Å². The maximum atomic E-state index is 6.66. The van der Waals surface area contributed by atoms with Crippen LogP contribution in [0.3, 0.4) is 0 Å². The average molecular weight is 728 g/mol. The molecule has 0 spiro atoms. The topological polar surface area (TPSA) is 51.8 Å². The first-order valence-corrected chi connectivity index (χ1v) is 19.2. The number of furan rings is 1. The lowest BCUT2D eigenvalue weighted by molar-refractivity contribution is 0.670. The van der Waals surface area contributed by atoms with E-state index in [9.17, 15) is 0 Å². The van der Waals surface area contributed by atoms with Crippen LogP contribution in [0.15, 0.2) is 205 Å². The molecule has 0 radical (unpaired) electrons. The van der Waals surface area contributed by atoms with Gasteiger partial charge in [0.05, 0.1) is 0 Å². The van der Waals surface area contributed by atoms with Crippen molar-refractivity contribution in [3.63, 3.8) is 0 Å². The number of hydrogen-bond donors (Lipinski definition) is 0. The molecule has 11 aromatic rings. The summed E-state index contributed by atoms with van der Waals surface area (Å²) < 4.78 is 6.66. The first-order valence-electron chi connectivity index (χ1n) is 19.2. The standard InChI is InChI=1S/C53H33N3O/c1-2-13-37(14-3-1)45-19-10-22-48-49(45)47-21-9-20-46(50(47)57-48)42-17-8-18-43(33-42)52-54-51(55-53(56-52)44-30-26-35-12-5-7-16-40(35)32-44)38-27-23-36(24-28-38)41-29-25-34-11-4-6-15-39(34)31-41/h1-33H. The number of para-hydroxylation sites is 1. The van der Waals surface area contributed by atoms with E-state index in [-0.39, 0.29) is 0 Å². The third kappa shape index (κ3) is 5.92. The summed E-state index contributed by atoms with van der Waals surface area (Å²) in [7, 11) is 0. The predicted molar refractivity (Wildman–Crippen MR) is 235 cm³/mol. The van der Waals surface area contributed by atoms with Crippen molar-refractivity contribution >= 4 is 43.5 Å². The fourth-order valence-electron chi connectivity index (χ4n) is 8.03. The molecule has 9 aromatic carbocycles. The van der Waals surface area contributed by atoms with Crippen LogP contribution in [0.25, 0.3) is 111 Å². The van der Waals surface area contributed by atoms with E-state index in [1.165, 1.54) is 21.7 Å². The second-order valence-corrected chi connectivity index (χ2v) is 14.4. The molecule has 57 heavy (non-hydrogen) atoms. The molecule has 11 rings (SSSR count). The molecule has 0 atom stereocenters. The SMILES string of the molecule is c1ccc(-c2cccc3oc4c(-c5cccc(-c6nc(-c7ccc(-c8ccc9ccccc9c8)cc7)nc(-c7ccc8ccccc8c7)n6)c5)cccc4c23)cc1. The number of fused-ring (bicyclic) bond motifs is 5. The van der Waals surface area contributed by atoms with Gasteiger partial charge in [0, 0.05) is 33.0 Å². The Hall–Kier alpha value is -7.69. The number of rotatable bonds is 6. The summed E-state index contributed by atoms with van der Waals surface area (Å²) in [6.45, 7) is 0. The van der Waals surface area contributed by atoms with E-state index in [1.807, 2.05) is 6.07 Å². The zero-order chi connectivity index (χ0) is 37.7. The molecule has 4 heteroatoms. The van der Waals surface area contributed by atoms with E-state index in [2.05, 4.69) is 194 Å². The van der Waals surface area contributed by atoms with Crippen molar-refractivity contribution in [1.82, 2.24) is 15.0 Å². The molecule has 0 aliphatic heterocycles. The minimum atomic E-state index is 0.603. The molecule has 0 N–H and O–H groups in total. The molecule has 0 saturated carbocycles. The summed E-state index contributed by atoms with van der Waals surface area (Å²) in [5.41, 5.74) is 11.1. The molecule has 0 unspecified atom stereocenters. The van der Waals surface area contributed by atoms with E-state index in [0.29, 0.717) is 17.5 Å². The van der Waals surface area contributed by atoms with Crippen molar-refractivity contribution in [2.75, 3.05) is 0 Å². The van der Waals surface area contributed by atoms with Gasteiger partial charge >= 0.3 is 0 Å². The predicted octanol–water partition coefficient (Wildman–Crippen LogP) is 14.1. The maximum Gasteiger partial charge on any atom is 0.164 e. The highest BCUT2D eigenvalue weighted by Gasteiger charge is 2.18. The van der Waals surface area contributed by atoms with Gasteiger partial charge in [-0.15, -0.1) is 0 Å². The first-order chi connectivity index (χ1) is 28.2. The van der Waals surface area contributed by atoms with Crippen LogP contribution in [0.5, 0.6) is 0 Å². The van der Waals surface area contributed by atoms with Gasteiger partial charge in [0.25, 0.3) is 0 Å². The van der Waals surface area contributed by atoms with Gasteiger partial charge in [0.15, 0.2) is 17.5 Å². The molecule has 0 fully saturated rings. The van der Waals surface area contributed by atoms with Crippen LogP contribution in [0.4, 0.5) is 0 Å². The second-order valence-electron chi connectivity index (χ2n) is 14.4. The van der Waals surface area contributed by atoms with Crippen molar-refractivity contribution in [3.8, 4) is 67.5 Å². The minimum Gasteiger partial charge on any atom is -0.455 e. The highest BCUT2D eigenvalue weighted by Crippen LogP contribution is 2.41. The minimum absolute atomic E-state index is 0.603. The Morgan fingerprint density at radius 2 is 0.807 bits per heavy atom. The molecule has 0 bridgehead atoms. The summed E-state index contributed by atoms with van der Waals surface area (Å²) in [5.74, 6) is 1.84. The van der Waals surface area contributed by atoms with Crippen molar-refractivity contribution in [3.05, 3.63) is 200 Å². The largest absolute Gasteiger partial charge is 0.455 e. The lowest BCUT2D eigenvalue weighted by Crippen LogP contribution is -2.00. The quantitative estimate of drug-likeness (QED) is 0.171. The third-order valence-electron chi connectivity index (χ3n) is 10.9. The summed E-state index contributed by atoms with van der Waals surface area (Å²) in [6.07, 6.45) is 0. The zero-order valence-corrected chi connectivity index (χ0v) is 30.8. The first kappa shape index (κ1) is 32.7. The molecule has 2 aromatic heterocycles. The Labute approximate surface area is 329 Å². The van der Waals surface area contributed by atoms with E-state index >= 15 is 0 Å². The summed E-state index contributed by atoms with van der Waals surface area (Å²) >= 11 is 0. The van der Waals surface area contributed by atoms with Crippen molar-refractivity contribution in [2.24, 2.45) is 0 Å². The Morgan fingerprint density at radius 1 is 0.298 bits per heavy atom. The summed E-state index contributed by atoms with van der Waals surface area (Å²) in [5, 5.41) is 6.95. The monoisotopic (exact) mass is 727 g/mol. The highest BCUT2D eigenvalue weighted by atomic mass is 16.3. The fraction of sp³-hybridized carbons (Fsp3) is 0. The number of aromatic nitrogens is 3. The summed E-state index contributed by atoms with van der Waals surface area (Å²) in [4.78, 5) is 15.4. The summed E-state index contributed by atoms with van der Waals surface area (Å²) in [6, 6.07) is 69.9. The van der Waals surface area contributed by atoms with E-state index in [0.717, 1.165) is 71.8 Å². The molecule has 2 heterocycles. The lowest BCUT2D eigenvalue weighted by Gasteiger charge is -2.11. The van der Waals surface area contributed by atoms with Gasteiger partial charge in [-0.25, -0.2) is 15.0 Å². The van der Waals surface area contributed by atoms with Crippen molar-refractivity contribution in [1.29, 1.82) is 0 Å². The van der Waals surface area contributed by atoms with Crippen LogP contribution in [0, 0.1) is 0 Å².